The van der Waals surface area contributed by atoms with Gasteiger partial charge in [-0.25, -0.2) is 4.98 Å². The third-order valence-corrected chi connectivity index (χ3v) is 7.54. The summed E-state index contributed by atoms with van der Waals surface area (Å²) in [5.74, 6) is 0.882. The van der Waals surface area contributed by atoms with Crippen LogP contribution in [-0.2, 0) is 11.3 Å². The van der Waals surface area contributed by atoms with Crippen molar-refractivity contribution in [2.24, 2.45) is 0 Å². The molecule has 0 spiro atoms. The molecule has 8 nitrogen and oxygen atoms in total. The molecule has 2 aliphatic heterocycles. The Morgan fingerprint density at radius 2 is 1.83 bits per heavy atom. The Kier molecular flexibility index (Phi) is 8.23. The molecule has 2 aromatic rings. The molecule has 0 saturated carbocycles. The predicted octanol–water partition coefficient (Wildman–Crippen LogP) is 2.61. The maximum atomic E-state index is 13.0. The number of likely N-dealkylation sites (tertiary alicyclic amines) is 2. The largest absolute Gasteiger partial charge is 0.388 e. The summed E-state index contributed by atoms with van der Waals surface area (Å²) in [7, 11) is 0. The van der Waals surface area contributed by atoms with E-state index in [0.717, 1.165) is 31.7 Å². The van der Waals surface area contributed by atoms with Crippen LogP contribution < -0.4 is 10.9 Å². The number of carbonyl (C=O) groups excluding carboxylic acids is 1. The molecule has 1 aromatic heterocycles. The lowest BCUT2D eigenvalue weighted by molar-refractivity contribution is -0.136. The number of rotatable bonds is 9. The summed E-state index contributed by atoms with van der Waals surface area (Å²) in [6.45, 7) is 9.02. The van der Waals surface area contributed by atoms with E-state index in [1.807, 2.05) is 23.1 Å². The molecule has 8 heteroatoms. The molecule has 190 valence electrons. The highest BCUT2D eigenvalue weighted by Gasteiger charge is 2.35. The van der Waals surface area contributed by atoms with E-state index in [4.69, 9.17) is 0 Å². The van der Waals surface area contributed by atoms with Gasteiger partial charge in [-0.15, -0.1) is 0 Å². The molecule has 1 aromatic carbocycles. The van der Waals surface area contributed by atoms with Gasteiger partial charge >= 0.3 is 0 Å². The smallest absolute Gasteiger partial charge is 0.258 e. The fourth-order valence-corrected chi connectivity index (χ4v) is 5.16. The number of piperidine rings is 1. The number of aliphatic hydroxyl groups is 1. The maximum absolute atomic E-state index is 13.0. The third kappa shape index (κ3) is 6.49. The summed E-state index contributed by atoms with van der Waals surface area (Å²) < 4.78 is 1.51. The van der Waals surface area contributed by atoms with Crippen LogP contribution in [0.25, 0.3) is 0 Å². The standard InChI is InChI=1S/C27H39N5O3/c1-21(23-8-4-3-5-9-23)18-24(33)31-15-10-27(35,11-16-31)19-32-20-29-25(22(2)26(32)34)28-12-17-30-13-6-7-14-30/h3-5,8-9,20-21,28,35H,6-7,10-19H2,1-2H3/t21-/m1/s1. The number of nitrogens with one attached hydrogen (secondary N) is 1. The fraction of sp³-hybridized carbons (Fsp3) is 0.593. The molecule has 0 radical (unpaired) electrons. The number of hydrogen-bond acceptors (Lipinski definition) is 6. The van der Waals surface area contributed by atoms with Crippen LogP contribution in [0.15, 0.2) is 41.5 Å². The van der Waals surface area contributed by atoms with Crippen molar-refractivity contribution in [2.75, 3.05) is 44.6 Å². The SMILES string of the molecule is Cc1c(NCCN2CCCC2)ncn(CC2(O)CCN(C(=O)C[C@@H](C)c3ccccc3)CC2)c1=O. The van der Waals surface area contributed by atoms with Crippen molar-refractivity contribution in [3.63, 3.8) is 0 Å². The molecule has 3 heterocycles. The van der Waals surface area contributed by atoms with Gasteiger partial charge in [-0.3, -0.25) is 14.2 Å². The molecule has 4 rings (SSSR count). The van der Waals surface area contributed by atoms with Crippen LogP contribution in [0.3, 0.4) is 0 Å². The van der Waals surface area contributed by atoms with Gasteiger partial charge < -0.3 is 20.2 Å². The molecule has 2 fully saturated rings. The molecule has 1 atom stereocenters. The second kappa shape index (κ2) is 11.4. The van der Waals surface area contributed by atoms with Gasteiger partial charge in [0.2, 0.25) is 5.91 Å². The highest BCUT2D eigenvalue weighted by atomic mass is 16.3. The summed E-state index contributed by atoms with van der Waals surface area (Å²) in [5.41, 5.74) is 0.572. The van der Waals surface area contributed by atoms with Crippen LogP contribution in [-0.4, -0.2) is 75.2 Å². The van der Waals surface area contributed by atoms with Crippen molar-refractivity contribution in [1.29, 1.82) is 0 Å². The number of amides is 1. The Morgan fingerprint density at radius 1 is 1.14 bits per heavy atom. The average Bonchev–Trinajstić information content (AvgIpc) is 3.38. The Bertz CT molecular complexity index is 1040. The lowest BCUT2D eigenvalue weighted by Crippen LogP contribution is -2.50. The van der Waals surface area contributed by atoms with Crippen molar-refractivity contribution in [3.05, 3.63) is 58.1 Å². The summed E-state index contributed by atoms with van der Waals surface area (Å²) in [5, 5.41) is 14.5. The second-order valence-corrected chi connectivity index (χ2v) is 10.2. The molecule has 0 bridgehead atoms. The summed E-state index contributed by atoms with van der Waals surface area (Å²) in [4.78, 5) is 34.5. The molecule has 35 heavy (non-hydrogen) atoms. The van der Waals surface area contributed by atoms with Gasteiger partial charge in [0, 0.05) is 32.6 Å². The first-order valence-electron chi connectivity index (χ1n) is 12.9. The van der Waals surface area contributed by atoms with Crippen LogP contribution >= 0.6 is 0 Å². The van der Waals surface area contributed by atoms with E-state index in [2.05, 4.69) is 34.3 Å². The van der Waals surface area contributed by atoms with Crippen LogP contribution in [0.5, 0.6) is 0 Å². The summed E-state index contributed by atoms with van der Waals surface area (Å²) >= 11 is 0. The number of benzene rings is 1. The number of hydrogen-bond donors (Lipinski definition) is 2. The Morgan fingerprint density at radius 3 is 2.51 bits per heavy atom. The number of aromatic nitrogens is 2. The molecular formula is C27H39N5O3. The van der Waals surface area contributed by atoms with E-state index < -0.39 is 5.60 Å². The molecule has 2 saturated heterocycles. The second-order valence-electron chi connectivity index (χ2n) is 10.2. The van der Waals surface area contributed by atoms with Crippen molar-refractivity contribution < 1.29 is 9.90 Å². The Labute approximate surface area is 208 Å². The van der Waals surface area contributed by atoms with Gasteiger partial charge in [0.25, 0.3) is 5.56 Å². The van der Waals surface area contributed by atoms with Gasteiger partial charge in [-0.1, -0.05) is 37.3 Å². The van der Waals surface area contributed by atoms with Crippen LogP contribution in [0.4, 0.5) is 5.82 Å². The van der Waals surface area contributed by atoms with E-state index in [-0.39, 0.29) is 23.9 Å². The lowest BCUT2D eigenvalue weighted by atomic mass is 9.90. The Hall–Kier alpha value is -2.71. The lowest BCUT2D eigenvalue weighted by Gasteiger charge is -2.38. The first-order valence-corrected chi connectivity index (χ1v) is 12.9. The van der Waals surface area contributed by atoms with Crippen LogP contribution in [0, 0.1) is 6.92 Å². The zero-order valence-electron chi connectivity index (χ0n) is 21.1. The highest BCUT2D eigenvalue weighted by Crippen LogP contribution is 2.26. The van der Waals surface area contributed by atoms with E-state index in [1.54, 1.807) is 6.92 Å². The zero-order valence-corrected chi connectivity index (χ0v) is 21.1. The molecule has 2 N–H and O–H groups in total. The third-order valence-electron chi connectivity index (χ3n) is 7.54. The predicted molar refractivity (Wildman–Crippen MR) is 138 cm³/mol. The molecule has 2 aliphatic rings. The monoisotopic (exact) mass is 481 g/mol. The first kappa shape index (κ1) is 25.4. The van der Waals surface area contributed by atoms with Crippen LogP contribution in [0.1, 0.15) is 56.1 Å². The van der Waals surface area contributed by atoms with Crippen LogP contribution in [0.2, 0.25) is 0 Å². The average molecular weight is 482 g/mol. The normalized spacial score (nSPS) is 19.0. The van der Waals surface area contributed by atoms with Crippen molar-refractivity contribution >= 4 is 11.7 Å². The van der Waals surface area contributed by atoms with E-state index in [0.29, 0.717) is 43.7 Å². The first-order chi connectivity index (χ1) is 16.8. The fourth-order valence-electron chi connectivity index (χ4n) is 5.16. The minimum Gasteiger partial charge on any atom is -0.388 e. The van der Waals surface area contributed by atoms with Gasteiger partial charge in [-0.05, 0) is 57.2 Å². The summed E-state index contributed by atoms with van der Waals surface area (Å²) in [6.07, 6.45) is 5.39. The molecule has 0 aliphatic carbocycles. The molecule has 0 unspecified atom stereocenters. The van der Waals surface area contributed by atoms with Gasteiger partial charge in [0.1, 0.15) is 5.82 Å². The van der Waals surface area contributed by atoms with Crippen molar-refractivity contribution in [3.8, 4) is 0 Å². The highest BCUT2D eigenvalue weighted by molar-refractivity contribution is 5.77. The van der Waals surface area contributed by atoms with E-state index in [1.165, 1.54) is 23.7 Å². The minimum absolute atomic E-state index is 0.113. The topological polar surface area (TPSA) is 90.7 Å². The maximum Gasteiger partial charge on any atom is 0.258 e. The van der Waals surface area contributed by atoms with Crippen molar-refractivity contribution in [1.82, 2.24) is 19.4 Å². The van der Waals surface area contributed by atoms with Crippen molar-refractivity contribution in [2.45, 2.75) is 64.0 Å². The van der Waals surface area contributed by atoms with E-state index >= 15 is 0 Å². The number of nitrogens with zero attached hydrogens (tertiary/aromatic N) is 4. The number of anilines is 1. The van der Waals surface area contributed by atoms with E-state index in [9.17, 15) is 14.7 Å². The molecule has 1 amide bonds. The van der Waals surface area contributed by atoms with Gasteiger partial charge in [-0.2, -0.15) is 0 Å². The van der Waals surface area contributed by atoms with Gasteiger partial charge in [0.05, 0.1) is 24.0 Å². The number of carbonyl (C=O) groups is 1. The van der Waals surface area contributed by atoms with Gasteiger partial charge in [0.15, 0.2) is 0 Å². The Balaban J connectivity index is 1.29. The summed E-state index contributed by atoms with van der Waals surface area (Å²) in [6, 6.07) is 10.1. The minimum atomic E-state index is -1.02. The molecular weight excluding hydrogens is 442 g/mol. The zero-order chi connectivity index (χ0) is 24.8. The quantitative estimate of drug-likeness (QED) is 0.572.